The van der Waals surface area contributed by atoms with E-state index in [4.69, 9.17) is 0 Å². The summed E-state index contributed by atoms with van der Waals surface area (Å²) >= 11 is 4.60. The Morgan fingerprint density at radius 2 is 2.11 bits per heavy atom. The van der Waals surface area contributed by atoms with E-state index in [1.54, 1.807) is 0 Å². The lowest BCUT2D eigenvalue weighted by molar-refractivity contribution is -0.121. The van der Waals surface area contributed by atoms with Crippen LogP contribution in [0.2, 0.25) is 0 Å². The summed E-state index contributed by atoms with van der Waals surface area (Å²) in [5.74, 6) is -0.577. The number of amides is 2. The van der Waals surface area contributed by atoms with E-state index in [0.29, 0.717) is 10.6 Å². The van der Waals surface area contributed by atoms with E-state index in [9.17, 15) is 14.9 Å². The molecule has 1 aliphatic heterocycles. The zero-order valence-electron chi connectivity index (χ0n) is 15.2. The molecule has 1 aliphatic rings. The van der Waals surface area contributed by atoms with E-state index in [2.05, 4.69) is 32.6 Å². The van der Waals surface area contributed by atoms with Gasteiger partial charge in [0.15, 0.2) is 0 Å². The topological polar surface area (TPSA) is 82.0 Å². The number of thioether (sulfide) groups is 1. The van der Waals surface area contributed by atoms with E-state index >= 15 is 0 Å². The van der Waals surface area contributed by atoms with Gasteiger partial charge in [-0.15, -0.1) is 0 Å². The van der Waals surface area contributed by atoms with Crippen molar-refractivity contribution in [1.29, 1.82) is 5.26 Å². The number of carbonyl (C=O) groups excluding carboxylic acids is 2. The molecule has 0 radical (unpaired) electrons. The van der Waals surface area contributed by atoms with Gasteiger partial charge in [-0.2, -0.15) is 5.26 Å². The quantitative estimate of drug-likeness (QED) is 0.696. The van der Waals surface area contributed by atoms with Gasteiger partial charge in [0.25, 0.3) is 0 Å². The number of anilines is 1. The standard InChI is InChI=1S/C21H18BrN3O2S/c1-13-5-2-3-8-18(13)24-20(27)12-28-21-17(11-23)16(10-19(26)25-21)14-6-4-7-15(22)9-14/h2-9,16H,10,12H2,1H3,(H,24,27)(H,25,26)/t16-/m0/s1. The third-order valence-corrected chi connectivity index (χ3v) is 5.88. The smallest absolute Gasteiger partial charge is 0.234 e. The molecule has 0 aromatic heterocycles. The van der Waals surface area contributed by atoms with Crippen molar-refractivity contribution in [3.63, 3.8) is 0 Å². The van der Waals surface area contributed by atoms with Crippen LogP contribution in [0.4, 0.5) is 5.69 Å². The average molecular weight is 456 g/mol. The molecular formula is C21H18BrN3O2S. The van der Waals surface area contributed by atoms with Crippen molar-refractivity contribution in [2.24, 2.45) is 0 Å². The molecule has 0 saturated heterocycles. The summed E-state index contributed by atoms with van der Waals surface area (Å²) in [6.07, 6.45) is 0.207. The first kappa shape index (κ1) is 20.2. The van der Waals surface area contributed by atoms with Crippen molar-refractivity contribution in [3.05, 3.63) is 74.7 Å². The number of benzene rings is 2. The molecule has 0 unspecified atom stereocenters. The summed E-state index contributed by atoms with van der Waals surface area (Å²) in [5, 5.41) is 15.8. The number of nitrogens with zero attached hydrogens (tertiary/aromatic N) is 1. The number of aryl methyl sites for hydroxylation is 1. The maximum absolute atomic E-state index is 12.3. The Labute approximate surface area is 176 Å². The van der Waals surface area contributed by atoms with Gasteiger partial charge in [0, 0.05) is 22.5 Å². The number of hydrogen-bond acceptors (Lipinski definition) is 4. The lowest BCUT2D eigenvalue weighted by Crippen LogP contribution is -2.31. The van der Waals surface area contributed by atoms with Crippen LogP contribution in [0, 0.1) is 18.3 Å². The number of hydrogen-bond donors (Lipinski definition) is 2. The molecule has 2 amide bonds. The molecule has 142 valence electrons. The van der Waals surface area contributed by atoms with Crippen LogP contribution in [0.15, 0.2) is 63.6 Å². The van der Waals surface area contributed by atoms with Crippen LogP contribution in [-0.2, 0) is 9.59 Å². The average Bonchev–Trinajstić information content (AvgIpc) is 2.67. The van der Waals surface area contributed by atoms with Gasteiger partial charge in [0.1, 0.15) is 0 Å². The van der Waals surface area contributed by atoms with Gasteiger partial charge < -0.3 is 10.6 Å². The fourth-order valence-electron chi connectivity index (χ4n) is 2.98. The van der Waals surface area contributed by atoms with Gasteiger partial charge in [-0.1, -0.05) is 58.0 Å². The highest BCUT2D eigenvalue weighted by Crippen LogP contribution is 2.36. The maximum Gasteiger partial charge on any atom is 0.234 e. The van der Waals surface area contributed by atoms with Crippen LogP contribution in [0.25, 0.3) is 0 Å². The molecule has 7 heteroatoms. The van der Waals surface area contributed by atoms with Crippen molar-refractivity contribution in [3.8, 4) is 6.07 Å². The summed E-state index contributed by atoms with van der Waals surface area (Å²) in [4.78, 5) is 24.5. The lowest BCUT2D eigenvalue weighted by Gasteiger charge is -2.25. The van der Waals surface area contributed by atoms with Crippen molar-refractivity contribution >= 4 is 45.2 Å². The second-order valence-corrected chi connectivity index (χ2v) is 8.27. The molecule has 1 heterocycles. The van der Waals surface area contributed by atoms with E-state index in [1.165, 1.54) is 11.8 Å². The lowest BCUT2D eigenvalue weighted by atomic mass is 9.87. The maximum atomic E-state index is 12.3. The number of nitriles is 1. The number of carbonyl (C=O) groups is 2. The van der Waals surface area contributed by atoms with Crippen molar-refractivity contribution in [2.45, 2.75) is 19.3 Å². The summed E-state index contributed by atoms with van der Waals surface area (Å²) in [5.41, 5.74) is 3.09. The SMILES string of the molecule is Cc1ccccc1NC(=O)CSC1=C(C#N)[C@H](c2cccc(Br)c2)CC(=O)N1. The van der Waals surface area contributed by atoms with Crippen LogP contribution < -0.4 is 10.6 Å². The minimum absolute atomic E-state index is 0.0976. The summed E-state index contributed by atoms with van der Waals surface area (Å²) in [7, 11) is 0. The molecule has 2 aromatic carbocycles. The highest BCUT2D eigenvalue weighted by Gasteiger charge is 2.30. The molecule has 5 nitrogen and oxygen atoms in total. The highest BCUT2D eigenvalue weighted by molar-refractivity contribution is 9.10. The Morgan fingerprint density at radius 1 is 1.32 bits per heavy atom. The predicted octanol–water partition coefficient (Wildman–Crippen LogP) is 4.47. The second-order valence-electron chi connectivity index (χ2n) is 6.37. The molecule has 2 N–H and O–H groups in total. The van der Waals surface area contributed by atoms with Crippen LogP contribution in [0.3, 0.4) is 0 Å². The van der Waals surface area contributed by atoms with Gasteiger partial charge in [0.2, 0.25) is 11.8 Å². The molecule has 1 atom stereocenters. The van der Waals surface area contributed by atoms with E-state index in [1.807, 2.05) is 55.5 Å². The normalized spacial score (nSPS) is 16.3. The first-order valence-electron chi connectivity index (χ1n) is 8.66. The Kier molecular flexibility index (Phi) is 6.55. The van der Waals surface area contributed by atoms with E-state index in [-0.39, 0.29) is 29.9 Å². The van der Waals surface area contributed by atoms with Crippen molar-refractivity contribution < 1.29 is 9.59 Å². The molecule has 28 heavy (non-hydrogen) atoms. The van der Waals surface area contributed by atoms with Gasteiger partial charge in [-0.3, -0.25) is 9.59 Å². The molecule has 0 aliphatic carbocycles. The van der Waals surface area contributed by atoms with Gasteiger partial charge in [-0.25, -0.2) is 0 Å². The highest BCUT2D eigenvalue weighted by atomic mass is 79.9. The molecule has 0 fully saturated rings. The molecule has 2 aromatic rings. The Balaban J connectivity index is 1.77. The Morgan fingerprint density at radius 3 is 2.82 bits per heavy atom. The first-order valence-corrected chi connectivity index (χ1v) is 10.4. The van der Waals surface area contributed by atoms with Crippen LogP contribution >= 0.6 is 27.7 Å². The molecule has 0 spiro atoms. The minimum Gasteiger partial charge on any atom is -0.325 e. The fourth-order valence-corrected chi connectivity index (χ4v) is 4.27. The monoisotopic (exact) mass is 455 g/mol. The molecule has 0 saturated carbocycles. The van der Waals surface area contributed by atoms with E-state index in [0.717, 1.165) is 21.3 Å². The fraction of sp³-hybridized carbons (Fsp3) is 0.190. The largest absolute Gasteiger partial charge is 0.325 e. The van der Waals surface area contributed by atoms with Crippen LogP contribution in [0.5, 0.6) is 0 Å². The molecule has 3 rings (SSSR count). The van der Waals surface area contributed by atoms with Crippen LogP contribution in [0.1, 0.15) is 23.5 Å². The van der Waals surface area contributed by atoms with Gasteiger partial charge in [0.05, 0.1) is 22.4 Å². The Hall–Kier alpha value is -2.56. The number of nitrogens with one attached hydrogen (secondary N) is 2. The zero-order chi connectivity index (χ0) is 20.1. The first-order chi connectivity index (χ1) is 13.5. The minimum atomic E-state index is -0.321. The number of rotatable bonds is 5. The second kappa shape index (κ2) is 9.09. The number of halogens is 1. The Bertz CT molecular complexity index is 997. The predicted molar refractivity (Wildman–Crippen MR) is 115 cm³/mol. The summed E-state index contributed by atoms with van der Waals surface area (Å²) < 4.78 is 0.889. The van der Waals surface area contributed by atoms with Gasteiger partial charge >= 0.3 is 0 Å². The zero-order valence-corrected chi connectivity index (χ0v) is 17.6. The third kappa shape index (κ3) is 4.83. The van der Waals surface area contributed by atoms with E-state index < -0.39 is 0 Å². The van der Waals surface area contributed by atoms with Gasteiger partial charge in [-0.05, 0) is 36.2 Å². The van der Waals surface area contributed by atoms with Crippen molar-refractivity contribution in [2.75, 3.05) is 11.1 Å². The summed E-state index contributed by atoms with van der Waals surface area (Å²) in [6.45, 7) is 1.92. The van der Waals surface area contributed by atoms with Crippen LogP contribution in [-0.4, -0.2) is 17.6 Å². The third-order valence-electron chi connectivity index (χ3n) is 4.37. The summed E-state index contributed by atoms with van der Waals surface area (Å²) in [6, 6.07) is 17.3. The number of allylic oxidation sites excluding steroid dienone is 1. The molecular weight excluding hydrogens is 438 g/mol. The number of para-hydroxylation sites is 1. The molecule has 0 bridgehead atoms. The van der Waals surface area contributed by atoms with Crippen molar-refractivity contribution in [1.82, 2.24) is 5.32 Å².